The number of carbonyl (C=O) groups excluding carboxylic acids is 1. The van der Waals surface area contributed by atoms with E-state index in [9.17, 15) is 9.90 Å². The van der Waals surface area contributed by atoms with Gasteiger partial charge in [-0.1, -0.05) is 0 Å². The zero-order valence-electron chi connectivity index (χ0n) is 14.0. The predicted octanol–water partition coefficient (Wildman–Crippen LogP) is 2.97. The number of anilines is 1. The van der Waals surface area contributed by atoms with E-state index in [-0.39, 0.29) is 0 Å². The van der Waals surface area contributed by atoms with E-state index in [0.717, 1.165) is 5.56 Å². The lowest BCUT2D eigenvalue weighted by Gasteiger charge is -2.21. The van der Waals surface area contributed by atoms with Crippen LogP contribution in [0, 0.1) is 0 Å². The van der Waals surface area contributed by atoms with Crippen molar-refractivity contribution in [3.8, 4) is 11.5 Å². The van der Waals surface area contributed by atoms with Crippen molar-refractivity contribution in [1.82, 2.24) is 0 Å². The Hall–Kier alpha value is -1.95. The van der Waals surface area contributed by atoms with E-state index in [1.54, 1.807) is 39.8 Å². The van der Waals surface area contributed by atoms with Crippen LogP contribution in [0.3, 0.4) is 0 Å². The topological polar surface area (TPSA) is 77.0 Å². The Morgan fingerprint density at radius 1 is 1.27 bits per heavy atom. The normalized spacial score (nSPS) is 12.5. The number of carbonyl (C=O) groups is 1. The van der Waals surface area contributed by atoms with E-state index in [4.69, 9.17) is 14.2 Å². The molecule has 0 unspecified atom stereocenters. The summed E-state index contributed by atoms with van der Waals surface area (Å²) in [7, 11) is 3.01. The highest BCUT2D eigenvalue weighted by molar-refractivity contribution is 5.88. The van der Waals surface area contributed by atoms with Crippen molar-refractivity contribution in [3.63, 3.8) is 0 Å². The number of nitrogens with one attached hydrogen (secondary N) is 1. The minimum absolute atomic E-state index is 0.405. The van der Waals surface area contributed by atoms with Crippen LogP contribution in [0.5, 0.6) is 11.5 Å². The van der Waals surface area contributed by atoms with E-state index in [1.807, 2.05) is 0 Å². The quantitative estimate of drug-likeness (QED) is 0.874. The molecule has 0 aliphatic carbocycles. The lowest BCUT2D eigenvalue weighted by Crippen LogP contribution is -2.27. The number of aliphatic hydroxyl groups excluding tert-OH is 1. The molecule has 0 fully saturated rings. The van der Waals surface area contributed by atoms with Gasteiger partial charge in [-0.15, -0.1) is 0 Å². The third-order valence-electron chi connectivity index (χ3n) is 2.71. The second kappa shape index (κ2) is 7.35. The van der Waals surface area contributed by atoms with Crippen LogP contribution in [0.2, 0.25) is 0 Å². The molecule has 6 nitrogen and oxygen atoms in total. The Bertz CT molecular complexity index is 520. The molecule has 2 N–H and O–H groups in total. The molecule has 1 aromatic carbocycles. The van der Waals surface area contributed by atoms with Gasteiger partial charge in [-0.25, -0.2) is 4.79 Å². The van der Waals surface area contributed by atoms with Crippen LogP contribution in [-0.4, -0.2) is 37.1 Å². The van der Waals surface area contributed by atoms with Gasteiger partial charge in [-0.05, 0) is 51.8 Å². The fourth-order valence-corrected chi connectivity index (χ4v) is 1.99. The van der Waals surface area contributed by atoms with E-state index < -0.39 is 17.8 Å². The highest BCUT2D eigenvalue weighted by Gasteiger charge is 2.20. The van der Waals surface area contributed by atoms with Crippen LogP contribution >= 0.6 is 0 Å². The summed E-state index contributed by atoms with van der Waals surface area (Å²) in [4.78, 5) is 12.0. The Kier molecular flexibility index (Phi) is 6.05. The minimum Gasteiger partial charge on any atom is -0.493 e. The predicted molar refractivity (Wildman–Crippen MR) is 84.8 cm³/mol. The number of amides is 1. The van der Waals surface area contributed by atoms with Gasteiger partial charge in [0.05, 0.1) is 26.0 Å². The first kappa shape index (κ1) is 18.1. The molecule has 1 aromatic rings. The maximum absolute atomic E-state index is 12.0. The molecule has 0 aromatic heterocycles. The fourth-order valence-electron chi connectivity index (χ4n) is 1.99. The van der Waals surface area contributed by atoms with E-state index >= 15 is 0 Å². The molecule has 0 heterocycles. The average Bonchev–Trinajstić information content (AvgIpc) is 2.34. The lowest BCUT2D eigenvalue weighted by atomic mass is 10.1. The summed E-state index contributed by atoms with van der Waals surface area (Å²) in [5, 5.41) is 12.2. The second-order valence-electron chi connectivity index (χ2n) is 6.06. The van der Waals surface area contributed by atoms with Crippen molar-refractivity contribution in [2.75, 3.05) is 19.5 Å². The summed E-state index contributed by atoms with van der Waals surface area (Å²) < 4.78 is 15.8. The number of aliphatic hydroxyl groups is 1. The molecule has 1 atom stereocenters. The number of methoxy groups -OCH3 is 2. The number of hydrogen-bond acceptors (Lipinski definition) is 5. The molecule has 6 heteroatoms. The molecule has 0 radical (unpaired) electrons. The van der Waals surface area contributed by atoms with Crippen molar-refractivity contribution in [2.24, 2.45) is 0 Å². The molecular formula is C16H25NO5. The first-order valence-corrected chi connectivity index (χ1v) is 7.09. The van der Waals surface area contributed by atoms with Crippen molar-refractivity contribution in [1.29, 1.82) is 0 Å². The van der Waals surface area contributed by atoms with Crippen LogP contribution in [0.1, 0.15) is 33.3 Å². The van der Waals surface area contributed by atoms with E-state index in [0.29, 0.717) is 23.6 Å². The molecule has 0 spiro atoms. The van der Waals surface area contributed by atoms with Gasteiger partial charge < -0.3 is 19.3 Å². The third-order valence-corrected chi connectivity index (χ3v) is 2.71. The van der Waals surface area contributed by atoms with E-state index in [2.05, 4.69) is 5.32 Å². The molecule has 0 aliphatic rings. The zero-order chi connectivity index (χ0) is 16.9. The zero-order valence-corrected chi connectivity index (χ0v) is 14.0. The average molecular weight is 311 g/mol. The first-order chi connectivity index (χ1) is 10.2. The molecule has 124 valence electrons. The maximum Gasteiger partial charge on any atom is 0.412 e. The highest BCUT2D eigenvalue weighted by atomic mass is 16.6. The molecule has 0 aliphatic heterocycles. The Balaban J connectivity index is 3.11. The number of benzene rings is 1. The summed E-state index contributed by atoms with van der Waals surface area (Å²) >= 11 is 0. The van der Waals surface area contributed by atoms with Crippen LogP contribution in [0.4, 0.5) is 10.5 Å². The van der Waals surface area contributed by atoms with Crippen molar-refractivity contribution in [2.45, 2.75) is 45.8 Å². The lowest BCUT2D eigenvalue weighted by molar-refractivity contribution is 0.0635. The summed E-state index contributed by atoms with van der Waals surface area (Å²) in [5.74, 6) is 0.884. The van der Waals surface area contributed by atoms with Crippen molar-refractivity contribution >= 4 is 11.8 Å². The summed E-state index contributed by atoms with van der Waals surface area (Å²) in [6.07, 6.45) is -0.655. The summed E-state index contributed by atoms with van der Waals surface area (Å²) in [5.41, 5.74) is 0.656. The van der Waals surface area contributed by atoms with Crippen LogP contribution in [0.15, 0.2) is 12.1 Å². The summed E-state index contributed by atoms with van der Waals surface area (Å²) in [6.45, 7) is 7.05. The van der Waals surface area contributed by atoms with Crippen molar-refractivity contribution in [3.05, 3.63) is 17.7 Å². The summed E-state index contributed by atoms with van der Waals surface area (Å²) in [6, 6.07) is 3.50. The Morgan fingerprint density at radius 3 is 2.36 bits per heavy atom. The van der Waals surface area contributed by atoms with Crippen LogP contribution < -0.4 is 14.8 Å². The molecule has 0 saturated carbocycles. The maximum atomic E-state index is 12.0. The number of hydrogen-bond donors (Lipinski definition) is 2. The first-order valence-electron chi connectivity index (χ1n) is 7.09. The third kappa shape index (κ3) is 5.44. The smallest absolute Gasteiger partial charge is 0.412 e. The van der Waals surface area contributed by atoms with E-state index in [1.165, 1.54) is 14.2 Å². The van der Waals surface area contributed by atoms with Gasteiger partial charge in [0.25, 0.3) is 0 Å². The van der Waals surface area contributed by atoms with Gasteiger partial charge >= 0.3 is 6.09 Å². The largest absolute Gasteiger partial charge is 0.493 e. The highest BCUT2D eigenvalue weighted by Crippen LogP contribution is 2.37. The van der Waals surface area contributed by atoms with Crippen LogP contribution in [-0.2, 0) is 11.2 Å². The van der Waals surface area contributed by atoms with Gasteiger partial charge in [-0.3, -0.25) is 5.32 Å². The molecule has 1 rings (SSSR count). The van der Waals surface area contributed by atoms with Gasteiger partial charge in [0.15, 0.2) is 11.5 Å². The van der Waals surface area contributed by atoms with Crippen molar-refractivity contribution < 1.29 is 24.1 Å². The van der Waals surface area contributed by atoms with Gasteiger partial charge in [0, 0.05) is 0 Å². The van der Waals surface area contributed by atoms with Crippen LogP contribution in [0.25, 0.3) is 0 Å². The molecular weight excluding hydrogens is 286 g/mol. The monoisotopic (exact) mass is 311 g/mol. The fraction of sp³-hybridized carbons (Fsp3) is 0.562. The standard InChI is InChI=1S/C16H25NO5/c1-10(18)7-11-8-12(14(21-6)13(9-11)20-5)17-15(19)22-16(2,3)4/h8-10,18H,7H2,1-6H3,(H,17,19)/t10-/m0/s1. The number of ether oxygens (including phenoxy) is 3. The van der Waals surface area contributed by atoms with Gasteiger partial charge in [0.1, 0.15) is 5.60 Å². The SMILES string of the molecule is COc1cc(C[C@H](C)O)cc(NC(=O)OC(C)(C)C)c1OC. The second-order valence-corrected chi connectivity index (χ2v) is 6.06. The molecule has 0 saturated heterocycles. The molecule has 0 bridgehead atoms. The minimum atomic E-state index is -0.599. The van der Waals surface area contributed by atoms with Gasteiger partial charge in [0.2, 0.25) is 0 Å². The molecule has 22 heavy (non-hydrogen) atoms. The van der Waals surface area contributed by atoms with Gasteiger partial charge in [-0.2, -0.15) is 0 Å². The Morgan fingerprint density at radius 2 is 1.91 bits per heavy atom. The molecule has 1 amide bonds. The Labute approximate surface area is 131 Å². The number of rotatable bonds is 5.